The molecule has 0 atom stereocenters. The maximum atomic E-state index is 12.9. The number of carbonyl (C=O) groups is 2. The van der Waals surface area contributed by atoms with E-state index in [0.29, 0.717) is 5.56 Å². The quantitative estimate of drug-likeness (QED) is 0.578. The van der Waals surface area contributed by atoms with Gasteiger partial charge in [0.2, 0.25) is 0 Å². The minimum atomic E-state index is -3.86. The summed E-state index contributed by atoms with van der Waals surface area (Å²) in [7, 11) is -3.86. The van der Waals surface area contributed by atoms with E-state index < -0.39 is 21.9 Å². The normalized spacial score (nSPS) is 10.8. The maximum Gasteiger partial charge on any atom is 0.407 e. The Bertz CT molecular complexity index is 915. The molecular weight excluding hydrogens is 389 g/mol. The molecule has 28 heavy (non-hydrogen) atoms. The number of ether oxygens (including phenoxy) is 1. The summed E-state index contributed by atoms with van der Waals surface area (Å²) in [5, 5.41) is 5.08. The van der Waals surface area contributed by atoms with Crippen LogP contribution in [0.25, 0.3) is 0 Å². The number of anilines is 1. The van der Waals surface area contributed by atoms with Gasteiger partial charge in [-0.2, -0.15) is 0 Å². The predicted molar refractivity (Wildman–Crippen MR) is 101 cm³/mol. The molecule has 0 saturated carbocycles. The number of sulfonamides is 1. The van der Waals surface area contributed by atoms with Crippen molar-refractivity contribution in [3.05, 3.63) is 59.9 Å². The third-order valence-corrected chi connectivity index (χ3v) is 4.88. The monoisotopic (exact) mass is 409 g/mol. The molecular formula is C18H20FN3O5S. The Morgan fingerprint density at radius 3 is 2.18 bits per heavy atom. The second-order valence-electron chi connectivity index (χ2n) is 5.54. The van der Waals surface area contributed by atoms with Crippen molar-refractivity contribution in [2.24, 2.45) is 0 Å². The van der Waals surface area contributed by atoms with Crippen molar-refractivity contribution in [1.29, 1.82) is 0 Å². The van der Waals surface area contributed by atoms with Gasteiger partial charge in [-0.3, -0.25) is 9.52 Å². The number of hydrogen-bond donors (Lipinski definition) is 3. The van der Waals surface area contributed by atoms with Crippen molar-refractivity contribution in [2.75, 3.05) is 24.4 Å². The van der Waals surface area contributed by atoms with Crippen LogP contribution in [0.4, 0.5) is 14.9 Å². The lowest BCUT2D eigenvalue weighted by Crippen LogP contribution is -2.34. The SMILES string of the molecule is CCOC(=O)NCCNC(=O)c1ccc(NS(=O)(=O)c2ccc(F)cc2)cc1. The molecule has 0 heterocycles. The number of amides is 2. The van der Waals surface area contributed by atoms with E-state index in [4.69, 9.17) is 0 Å². The number of hydrogen-bond acceptors (Lipinski definition) is 5. The minimum absolute atomic E-state index is 0.0789. The molecule has 0 saturated heterocycles. The van der Waals surface area contributed by atoms with Crippen LogP contribution in [0.1, 0.15) is 17.3 Å². The van der Waals surface area contributed by atoms with Crippen LogP contribution in [0, 0.1) is 5.82 Å². The number of rotatable bonds is 8. The van der Waals surface area contributed by atoms with Crippen LogP contribution < -0.4 is 15.4 Å². The molecule has 0 unspecified atom stereocenters. The smallest absolute Gasteiger partial charge is 0.407 e. The summed E-state index contributed by atoms with van der Waals surface area (Å²) >= 11 is 0. The lowest BCUT2D eigenvalue weighted by Gasteiger charge is -2.10. The molecule has 0 aliphatic rings. The Morgan fingerprint density at radius 1 is 0.964 bits per heavy atom. The first kappa shape index (κ1) is 21.2. The Morgan fingerprint density at radius 2 is 1.57 bits per heavy atom. The molecule has 0 aromatic heterocycles. The molecule has 2 aromatic rings. The van der Waals surface area contributed by atoms with Gasteiger partial charge in [-0.15, -0.1) is 0 Å². The van der Waals surface area contributed by atoms with Gasteiger partial charge < -0.3 is 15.4 Å². The lowest BCUT2D eigenvalue weighted by molar-refractivity contribution is 0.0952. The highest BCUT2D eigenvalue weighted by Gasteiger charge is 2.14. The van der Waals surface area contributed by atoms with Crippen LogP contribution in [0.2, 0.25) is 0 Å². The van der Waals surface area contributed by atoms with Crippen molar-refractivity contribution in [1.82, 2.24) is 10.6 Å². The largest absolute Gasteiger partial charge is 0.450 e. The zero-order valence-corrected chi connectivity index (χ0v) is 15.9. The molecule has 0 radical (unpaired) electrons. The molecule has 0 fully saturated rings. The summed E-state index contributed by atoms with van der Waals surface area (Å²) in [4.78, 5) is 23.1. The van der Waals surface area contributed by atoms with Gasteiger partial charge in [0.1, 0.15) is 5.82 Å². The average Bonchev–Trinajstić information content (AvgIpc) is 2.66. The number of nitrogens with one attached hydrogen (secondary N) is 3. The summed E-state index contributed by atoms with van der Waals surface area (Å²) in [5.74, 6) is -0.912. The standard InChI is InChI=1S/C18H20FN3O5S/c1-2-27-18(24)21-12-11-20-17(23)13-3-7-15(8-4-13)22-28(25,26)16-9-5-14(19)6-10-16/h3-10,22H,2,11-12H2,1H3,(H,20,23)(H,21,24). The van der Waals surface area contributed by atoms with Gasteiger partial charge in [-0.25, -0.2) is 17.6 Å². The van der Waals surface area contributed by atoms with Crippen LogP contribution in [-0.2, 0) is 14.8 Å². The average molecular weight is 409 g/mol. The van der Waals surface area contributed by atoms with Crippen molar-refractivity contribution < 1.29 is 27.1 Å². The number of benzene rings is 2. The first-order valence-corrected chi connectivity index (χ1v) is 9.87. The molecule has 10 heteroatoms. The van der Waals surface area contributed by atoms with Gasteiger partial charge in [-0.05, 0) is 55.5 Å². The van der Waals surface area contributed by atoms with E-state index in [9.17, 15) is 22.4 Å². The van der Waals surface area contributed by atoms with Gasteiger partial charge >= 0.3 is 6.09 Å². The molecule has 3 N–H and O–H groups in total. The number of alkyl carbamates (subject to hydrolysis) is 1. The van der Waals surface area contributed by atoms with E-state index in [1.807, 2.05) is 0 Å². The van der Waals surface area contributed by atoms with Gasteiger partial charge in [0.05, 0.1) is 11.5 Å². The fraction of sp³-hybridized carbons (Fsp3) is 0.222. The Labute approximate surface area is 162 Å². The molecule has 0 bridgehead atoms. The van der Waals surface area contributed by atoms with E-state index in [2.05, 4.69) is 20.1 Å². The van der Waals surface area contributed by atoms with Gasteiger partial charge in [0.25, 0.3) is 15.9 Å². The summed E-state index contributed by atoms with van der Waals surface area (Å²) in [5.41, 5.74) is 0.575. The van der Waals surface area contributed by atoms with Crippen LogP contribution in [-0.4, -0.2) is 40.1 Å². The number of halogens is 1. The molecule has 0 aliphatic heterocycles. The fourth-order valence-corrected chi connectivity index (χ4v) is 3.20. The number of carbonyl (C=O) groups excluding carboxylic acids is 2. The highest BCUT2D eigenvalue weighted by Crippen LogP contribution is 2.17. The van der Waals surface area contributed by atoms with Crippen molar-refractivity contribution in [2.45, 2.75) is 11.8 Å². The van der Waals surface area contributed by atoms with Crippen LogP contribution in [0.3, 0.4) is 0 Å². The summed E-state index contributed by atoms with van der Waals surface area (Å²) < 4.78 is 44.5. The molecule has 150 valence electrons. The van der Waals surface area contributed by atoms with Gasteiger partial charge in [0, 0.05) is 24.3 Å². The first-order chi connectivity index (χ1) is 13.3. The molecule has 2 rings (SSSR count). The van der Waals surface area contributed by atoms with E-state index in [1.165, 1.54) is 24.3 Å². The van der Waals surface area contributed by atoms with E-state index in [-0.39, 0.29) is 36.2 Å². The van der Waals surface area contributed by atoms with Crippen LogP contribution >= 0.6 is 0 Å². The van der Waals surface area contributed by atoms with E-state index >= 15 is 0 Å². The highest BCUT2D eigenvalue weighted by atomic mass is 32.2. The summed E-state index contributed by atoms with van der Waals surface area (Å²) in [6, 6.07) is 10.2. The zero-order chi connectivity index (χ0) is 20.6. The van der Waals surface area contributed by atoms with E-state index in [1.54, 1.807) is 6.92 Å². The molecule has 0 aliphatic carbocycles. The van der Waals surface area contributed by atoms with Crippen molar-refractivity contribution in [3.63, 3.8) is 0 Å². The molecule has 2 aromatic carbocycles. The zero-order valence-electron chi connectivity index (χ0n) is 15.1. The van der Waals surface area contributed by atoms with Crippen LogP contribution in [0.5, 0.6) is 0 Å². The predicted octanol–water partition coefficient (Wildman–Crippen LogP) is 2.10. The minimum Gasteiger partial charge on any atom is -0.450 e. The van der Waals surface area contributed by atoms with Crippen LogP contribution in [0.15, 0.2) is 53.4 Å². The molecule has 2 amide bonds. The summed E-state index contributed by atoms with van der Waals surface area (Å²) in [6.45, 7) is 2.36. The molecule has 8 nitrogen and oxygen atoms in total. The topological polar surface area (TPSA) is 114 Å². The van der Waals surface area contributed by atoms with Crippen molar-refractivity contribution in [3.8, 4) is 0 Å². The third kappa shape index (κ3) is 6.23. The molecule has 0 spiro atoms. The highest BCUT2D eigenvalue weighted by molar-refractivity contribution is 7.92. The fourth-order valence-electron chi connectivity index (χ4n) is 2.14. The van der Waals surface area contributed by atoms with Gasteiger partial charge in [0.15, 0.2) is 0 Å². The summed E-state index contributed by atoms with van der Waals surface area (Å²) in [6.07, 6.45) is -0.561. The lowest BCUT2D eigenvalue weighted by atomic mass is 10.2. The Kier molecular flexibility index (Phi) is 7.33. The Hall–Kier alpha value is -3.14. The second kappa shape index (κ2) is 9.70. The Balaban J connectivity index is 1.89. The van der Waals surface area contributed by atoms with E-state index in [0.717, 1.165) is 24.3 Å². The first-order valence-electron chi connectivity index (χ1n) is 8.39. The third-order valence-electron chi connectivity index (χ3n) is 3.48. The second-order valence-corrected chi connectivity index (χ2v) is 7.22. The van der Waals surface area contributed by atoms with Crippen molar-refractivity contribution >= 4 is 27.7 Å². The van der Waals surface area contributed by atoms with Gasteiger partial charge in [-0.1, -0.05) is 0 Å². The maximum absolute atomic E-state index is 12.9.